The van der Waals surface area contributed by atoms with E-state index in [0.29, 0.717) is 0 Å². The summed E-state index contributed by atoms with van der Waals surface area (Å²) < 4.78 is 0. The van der Waals surface area contributed by atoms with Crippen LogP contribution in [0.5, 0.6) is 0 Å². The van der Waals surface area contributed by atoms with Crippen LogP contribution < -0.4 is 5.32 Å². The van der Waals surface area contributed by atoms with Gasteiger partial charge in [-0.05, 0) is 25.5 Å². The summed E-state index contributed by atoms with van der Waals surface area (Å²) in [6.45, 7) is 4.06. The van der Waals surface area contributed by atoms with Crippen molar-refractivity contribution < 1.29 is 5.11 Å². The van der Waals surface area contributed by atoms with Gasteiger partial charge in [0.1, 0.15) is 0 Å². The highest BCUT2D eigenvalue weighted by Crippen LogP contribution is 2.45. The second-order valence-electron chi connectivity index (χ2n) is 4.98. The molecule has 3 rings (SSSR count). The predicted octanol–water partition coefficient (Wildman–Crippen LogP) is 2.25. The van der Waals surface area contributed by atoms with Crippen LogP contribution in [-0.2, 0) is 5.72 Å². The first-order valence-corrected chi connectivity index (χ1v) is 6.17. The Morgan fingerprint density at radius 1 is 1.11 bits per heavy atom. The molecule has 1 aromatic heterocycles. The molecule has 0 spiro atoms. The number of fused-ring (bicyclic) bond motifs is 3. The van der Waals surface area contributed by atoms with Crippen LogP contribution >= 0.6 is 0 Å². The van der Waals surface area contributed by atoms with Crippen LogP contribution in [0.25, 0.3) is 11.1 Å². The van der Waals surface area contributed by atoms with Gasteiger partial charge in [-0.1, -0.05) is 24.3 Å². The number of nitrogens with one attached hydrogen (secondary N) is 1. The van der Waals surface area contributed by atoms with E-state index in [2.05, 4.69) is 10.3 Å². The van der Waals surface area contributed by atoms with Crippen LogP contribution in [0.1, 0.15) is 25.0 Å². The summed E-state index contributed by atoms with van der Waals surface area (Å²) in [5.41, 5.74) is 2.73. The number of pyridine rings is 1. The van der Waals surface area contributed by atoms with Crippen LogP contribution in [0, 0.1) is 0 Å². The third kappa shape index (κ3) is 1.48. The van der Waals surface area contributed by atoms with Gasteiger partial charge < -0.3 is 5.11 Å². The lowest BCUT2D eigenvalue weighted by Gasteiger charge is -2.29. The molecule has 2 N–H and O–H groups in total. The first kappa shape index (κ1) is 11.4. The summed E-state index contributed by atoms with van der Waals surface area (Å²) >= 11 is 0. The summed E-state index contributed by atoms with van der Waals surface area (Å²) in [6.07, 6.45) is 3.53. The summed E-state index contributed by atoms with van der Waals surface area (Å²) in [7, 11) is 0. The van der Waals surface area contributed by atoms with Crippen molar-refractivity contribution in [3.05, 3.63) is 53.9 Å². The zero-order chi connectivity index (χ0) is 12.8. The van der Waals surface area contributed by atoms with Gasteiger partial charge in [-0.15, -0.1) is 0 Å². The van der Waals surface area contributed by atoms with Crippen molar-refractivity contribution in [1.82, 2.24) is 10.3 Å². The Bertz CT molecular complexity index is 547. The van der Waals surface area contributed by atoms with Gasteiger partial charge in [0.25, 0.3) is 0 Å². The molecule has 2 aromatic rings. The van der Waals surface area contributed by atoms with Gasteiger partial charge in [0.05, 0.1) is 0 Å². The van der Waals surface area contributed by atoms with Crippen molar-refractivity contribution in [1.29, 1.82) is 0 Å². The Morgan fingerprint density at radius 2 is 1.83 bits per heavy atom. The summed E-state index contributed by atoms with van der Waals surface area (Å²) in [4.78, 5) is 4.16. The van der Waals surface area contributed by atoms with Crippen LogP contribution in [-0.4, -0.2) is 16.1 Å². The zero-order valence-electron chi connectivity index (χ0n) is 10.5. The fourth-order valence-electron chi connectivity index (χ4n) is 2.68. The van der Waals surface area contributed by atoms with Crippen molar-refractivity contribution in [3.63, 3.8) is 0 Å². The van der Waals surface area contributed by atoms with Gasteiger partial charge in [-0.2, -0.15) is 0 Å². The summed E-state index contributed by atoms with van der Waals surface area (Å²) in [5, 5.41) is 14.3. The number of aliphatic hydroxyl groups is 1. The number of benzene rings is 1. The highest BCUT2D eigenvalue weighted by molar-refractivity contribution is 5.79. The van der Waals surface area contributed by atoms with E-state index in [-0.39, 0.29) is 6.04 Å². The minimum atomic E-state index is -1.11. The first-order chi connectivity index (χ1) is 8.63. The van der Waals surface area contributed by atoms with Gasteiger partial charge in [0.2, 0.25) is 0 Å². The molecule has 3 heteroatoms. The second-order valence-corrected chi connectivity index (χ2v) is 4.98. The Morgan fingerprint density at radius 3 is 2.61 bits per heavy atom. The lowest BCUT2D eigenvalue weighted by atomic mass is 10.0. The maximum Gasteiger partial charge on any atom is 0.170 e. The topological polar surface area (TPSA) is 45.1 Å². The molecule has 0 bridgehead atoms. The molecular weight excluding hydrogens is 224 g/mol. The third-order valence-electron chi connectivity index (χ3n) is 3.32. The molecule has 1 aromatic carbocycles. The normalized spacial score (nSPS) is 20.9. The Labute approximate surface area is 107 Å². The van der Waals surface area contributed by atoms with Gasteiger partial charge in [-0.3, -0.25) is 10.3 Å². The second kappa shape index (κ2) is 3.90. The van der Waals surface area contributed by atoms with Crippen molar-refractivity contribution in [2.45, 2.75) is 25.6 Å². The molecule has 0 aliphatic heterocycles. The minimum absolute atomic E-state index is 0.183. The largest absolute Gasteiger partial charge is 0.367 e. The lowest BCUT2D eigenvalue weighted by Crippen LogP contribution is -2.45. The fourth-order valence-corrected chi connectivity index (χ4v) is 2.68. The molecule has 92 valence electrons. The molecule has 1 aliphatic rings. The molecule has 1 heterocycles. The lowest BCUT2D eigenvalue weighted by molar-refractivity contribution is 0.0388. The van der Waals surface area contributed by atoms with Crippen LogP contribution in [0.15, 0.2) is 42.7 Å². The zero-order valence-corrected chi connectivity index (χ0v) is 10.5. The summed E-state index contributed by atoms with van der Waals surface area (Å²) in [5.74, 6) is 0. The van der Waals surface area contributed by atoms with E-state index in [4.69, 9.17) is 0 Å². The molecule has 0 saturated heterocycles. The Balaban J connectivity index is 2.27. The van der Waals surface area contributed by atoms with E-state index in [1.54, 1.807) is 6.20 Å². The predicted molar refractivity (Wildman–Crippen MR) is 70.9 cm³/mol. The van der Waals surface area contributed by atoms with Crippen LogP contribution in [0.2, 0.25) is 0 Å². The number of hydrogen-bond acceptors (Lipinski definition) is 3. The highest BCUT2D eigenvalue weighted by Gasteiger charge is 2.41. The standard InChI is InChI=1S/C15H16N2O/c1-10(2)17-15(18)13-6-4-3-5-11(13)12-9-16-8-7-14(12)15/h3-10,17-18H,1-2H3. The average Bonchev–Trinajstić information content (AvgIpc) is 2.61. The number of aromatic nitrogens is 1. The fraction of sp³-hybridized carbons (Fsp3) is 0.267. The van der Waals surface area contributed by atoms with Crippen molar-refractivity contribution in [2.24, 2.45) is 0 Å². The Hall–Kier alpha value is -1.71. The molecule has 18 heavy (non-hydrogen) atoms. The van der Waals surface area contributed by atoms with E-state index in [1.165, 1.54) is 0 Å². The van der Waals surface area contributed by atoms with E-state index < -0.39 is 5.72 Å². The molecule has 0 radical (unpaired) electrons. The van der Waals surface area contributed by atoms with Gasteiger partial charge in [-0.25, -0.2) is 0 Å². The SMILES string of the molecule is CC(C)NC1(O)c2ccccc2-c2cnccc21. The van der Waals surface area contributed by atoms with E-state index in [0.717, 1.165) is 22.3 Å². The Kier molecular flexibility index (Phi) is 2.47. The van der Waals surface area contributed by atoms with Gasteiger partial charge in [0, 0.05) is 35.1 Å². The first-order valence-electron chi connectivity index (χ1n) is 6.17. The molecule has 0 fully saturated rings. The molecule has 1 unspecified atom stereocenters. The number of hydrogen-bond donors (Lipinski definition) is 2. The molecule has 1 aliphatic carbocycles. The minimum Gasteiger partial charge on any atom is -0.367 e. The monoisotopic (exact) mass is 240 g/mol. The van der Waals surface area contributed by atoms with Gasteiger partial charge in [0.15, 0.2) is 5.72 Å². The van der Waals surface area contributed by atoms with Gasteiger partial charge >= 0.3 is 0 Å². The maximum absolute atomic E-state index is 11.0. The highest BCUT2D eigenvalue weighted by atomic mass is 16.3. The number of rotatable bonds is 2. The third-order valence-corrected chi connectivity index (χ3v) is 3.32. The molecule has 0 saturated carbocycles. The quantitative estimate of drug-likeness (QED) is 0.791. The molecule has 3 nitrogen and oxygen atoms in total. The molecule has 0 amide bonds. The van der Waals surface area contributed by atoms with E-state index in [9.17, 15) is 5.11 Å². The smallest absolute Gasteiger partial charge is 0.170 e. The van der Waals surface area contributed by atoms with Crippen molar-refractivity contribution >= 4 is 0 Å². The van der Waals surface area contributed by atoms with E-state index in [1.807, 2.05) is 50.4 Å². The molecular formula is C15H16N2O. The van der Waals surface area contributed by atoms with E-state index >= 15 is 0 Å². The number of nitrogens with zero attached hydrogens (tertiary/aromatic N) is 1. The molecule has 1 atom stereocenters. The summed E-state index contributed by atoms with van der Waals surface area (Å²) in [6, 6.07) is 9.98. The van der Waals surface area contributed by atoms with Crippen LogP contribution in [0.3, 0.4) is 0 Å². The van der Waals surface area contributed by atoms with Crippen molar-refractivity contribution in [2.75, 3.05) is 0 Å². The van der Waals surface area contributed by atoms with Crippen LogP contribution in [0.4, 0.5) is 0 Å². The maximum atomic E-state index is 11.0. The average molecular weight is 240 g/mol. The van der Waals surface area contributed by atoms with Crippen molar-refractivity contribution in [3.8, 4) is 11.1 Å².